The number of furan rings is 1. The molecule has 0 aliphatic heterocycles. The van der Waals surface area contributed by atoms with Crippen LogP contribution in [0.1, 0.15) is 11.3 Å². The van der Waals surface area contributed by atoms with Gasteiger partial charge in [-0.3, -0.25) is 0 Å². The molecular weight excluding hydrogens is 253 g/mol. The molecule has 0 spiro atoms. The molecule has 102 valence electrons. The zero-order valence-corrected chi connectivity index (χ0v) is 11.1. The van der Waals surface area contributed by atoms with Crippen LogP contribution in [0.25, 0.3) is 11.0 Å². The van der Waals surface area contributed by atoms with Gasteiger partial charge in [-0.2, -0.15) is 0 Å². The van der Waals surface area contributed by atoms with Gasteiger partial charge >= 0.3 is 0 Å². The Morgan fingerprint density at radius 1 is 1.00 bits per heavy atom. The first kappa shape index (κ1) is 12.9. The van der Waals surface area contributed by atoms with Crippen LogP contribution in [0.15, 0.2) is 59.0 Å². The van der Waals surface area contributed by atoms with Crippen molar-refractivity contribution in [2.45, 2.75) is 13.0 Å². The molecule has 1 N–H and O–H groups in total. The predicted molar refractivity (Wildman–Crippen MR) is 78.0 cm³/mol. The van der Waals surface area contributed by atoms with E-state index in [1.54, 1.807) is 12.1 Å². The average Bonchev–Trinajstić information content (AvgIpc) is 2.86. The number of hydrogen-bond acceptors (Lipinski definition) is 2. The van der Waals surface area contributed by atoms with Crippen molar-refractivity contribution >= 4 is 11.0 Å². The normalized spacial score (nSPS) is 11.1. The van der Waals surface area contributed by atoms with Crippen molar-refractivity contribution in [1.29, 1.82) is 0 Å². The lowest BCUT2D eigenvalue weighted by Crippen LogP contribution is -2.16. The van der Waals surface area contributed by atoms with Crippen LogP contribution < -0.4 is 5.32 Å². The van der Waals surface area contributed by atoms with Gasteiger partial charge in [-0.25, -0.2) is 4.39 Å². The van der Waals surface area contributed by atoms with Crippen LogP contribution in [0, 0.1) is 5.82 Å². The van der Waals surface area contributed by atoms with Crippen LogP contribution in [0.3, 0.4) is 0 Å². The van der Waals surface area contributed by atoms with Gasteiger partial charge in [0.2, 0.25) is 0 Å². The van der Waals surface area contributed by atoms with Crippen LogP contribution in [-0.2, 0) is 13.0 Å². The molecule has 0 atom stereocenters. The second kappa shape index (κ2) is 5.88. The Morgan fingerprint density at radius 2 is 1.90 bits per heavy atom. The van der Waals surface area contributed by atoms with Gasteiger partial charge in [-0.1, -0.05) is 30.3 Å². The van der Waals surface area contributed by atoms with Crippen molar-refractivity contribution < 1.29 is 8.81 Å². The zero-order chi connectivity index (χ0) is 13.8. The minimum Gasteiger partial charge on any atom is -0.460 e. The van der Waals surface area contributed by atoms with Gasteiger partial charge in [0, 0.05) is 5.39 Å². The molecule has 1 heterocycles. The quantitative estimate of drug-likeness (QED) is 0.710. The molecule has 20 heavy (non-hydrogen) atoms. The molecule has 2 nitrogen and oxygen atoms in total. The maximum atomic E-state index is 13.0. The molecule has 0 saturated heterocycles. The summed E-state index contributed by atoms with van der Waals surface area (Å²) >= 11 is 0. The molecule has 0 amide bonds. The largest absolute Gasteiger partial charge is 0.460 e. The topological polar surface area (TPSA) is 25.2 Å². The van der Waals surface area contributed by atoms with E-state index in [1.165, 1.54) is 6.07 Å². The third-order valence-corrected chi connectivity index (χ3v) is 3.26. The van der Waals surface area contributed by atoms with E-state index in [2.05, 4.69) is 5.32 Å². The van der Waals surface area contributed by atoms with Gasteiger partial charge in [0.05, 0.1) is 6.54 Å². The molecule has 3 rings (SSSR count). The number of halogens is 1. The summed E-state index contributed by atoms with van der Waals surface area (Å²) in [4.78, 5) is 0. The Labute approximate surface area is 117 Å². The Bertz CT molecular complexity index is 672. The fourth-order valence-electron chi connectivity index (χ4n) is 2.26. The van der Waals surface area contributed by atoms with Gasteiger partial charge in [0.25, 0.3) is 0 Å². The molecule has 0 aliphatic carbocycles. The SMILES string of the molecule is Fc1cccc(CCNCc2cc3ccccc3o2)c1. The van der Waals surface area contributed by atoms with E-state index < -0.39 is 0 Å². The lowest BCUT2D eigenvalue weighted by Gasteiger charge is -2.03. The predicted octanol–water partition coefficient (Wildman–Crippen LogP) is 3.90. The van der Waals surface area contributed by atoms with E-state index in [0.29, 0.717) is 6.54 Å². The van der Waals surface area contributed by atoms with Crippen molar-refractivity contribution in [1.82, 2.24) is 5.32 Å². The van der Waals surface area contributed by atoms with E-state index in [9.17, 15) is 4.39 Å². The number of benzene rings is 2. The van der Waals surface area contributed by atoms with Gasteiger partial charge in [-0.15, -0.1) is 0 Å². The fourth-order valence-corrected chi connectivity index (χ4v) is 2.26. The second-order valence-corrected chi connectivity index (χ2v) is 4.81. The van der Waals surface area contributed by atoms with Gasteiger partial charge < -0.3 is 9.73 Å². The summed E-state index contributed by atoms with van der Waals surface area (Å²) in [5.41, 5.74) is 1.91. The number of fused-ring (bicyclic) bond motifs is 1. The van der Waals surface area contributed by atoms with Crippen LogP contribution in [0.4, 0.5) is 4.39 Å². The van der Waals surface area contributed by atoms with Crippen LogP contribution >= 0.6 is 0 Å². The van der Waals surface area contributed by atoms with Gasteiger partial charge in [0.15, 0.2) is 0 Å². The van der Waals surface area contributed by atoms with E-state index >= 15 is 0 Å². The standard InChI is InChI=1S/C17H16FNO/c18-15-6-3-4-13(10-15)8-9-19-12-16-11-14-5-1-2-7-17(14)20-16/h1-7,10-11,19H,8-9,12H2. The Morgan fingerprint density at radius 3 is 2.75 bits per heavy atom. The summed E-state index contributed by atoms with van der Waals surface area (Å²) in [6.07, 6.45) is 0.804. The van der Waals surface area contributed by atoms with E-state index in [1.807, 2.05) is 36.4 Å². The number of para-hydroxylation sites is 1. The first-order valence-electron chi connectivity index (χ1n) is 6.74. The molecule has 0 radical (unpaired) electrons. The zero-order valence-electron chi connectivity index (χ0n) is 11.1. The van der Waals surface area contributed by atoms with Gasteiger partial charge in [-0.05, 0) is 42.8 Å². The van der Waals surface area contributed by atoms with Crippen molar-refractivity contribution in [2.24, 2.45) is 0 Å². The van der Waals surface area contributed by atoms with Crippen molar-refractivity contribution in [3.63, 3.8) is 0 Å². The fraction of sp³-hybridized carbons (Fsp3) is 0.176. The number of rotatable bonds is 5. The maximum Gasteiger partial charge on any atom is 0.134 e. The summed E-state index contributed by atoms with van der Waals surface area (Å²) in [5.74, 6) is 0.741. The monoisotopic (exact) mass is 269 g/mol. The van der Waals surface area contributed by atoms with Crippen LogP contribution in [-0.4, -0.2) is 6.54 Å². The Hall–Kier alpha value is -2.13. The maximum absolute atomic E-state index is 13.0. The van der Waals surface area contributed by atoms with Crippen LogP contribution in [0.5, 0.6) is 0 Å². The lowest BCUT2D eigenvalue weighted by atomic mass is 10.1. The minimum atomic E-state index is -0.181. The molecule has 2 aromatic carbocycles. The van der Waals surface area contributed by atoms with Gasteiger partial charge in [0.1, 0.15) is 17.2 Å². The highest BCUT2D eigenvalue weighted by Crippen LogP contribution is 2.18. The number of hydrogen-bond donors (Lipinski definition) is 1. The molecule has 1 aromatic heterocycles. The Balaban J connectivity index is 1.52. The summed E-state index contributed by atoms with van der Waals surface area (Å²) in [6, 6.07) is 16.7. The highest BCUT2D eigenvalue weighted by molar-refractivity contribution is 5.77. The minimum absolute atomic E-state index is 0.181. The summed E-state index contributed by atoms with van der Waals surface area (Å²) in [7, 11) is 0. The average molecular weight is 269 g/mol. The summed E-state index contributed by atoms with van der Waals surface area (Å²) in [6.45, 7) is 1.48. The molecule has 0 fully saturated rings. The number of nitrogens with one attached hydrogen (secondary N) is 1. The third kappa shape index (κ3) is 3.06. The first-order valence-corrected chi connectivity index (χ1v) is 6.74. The van der Waals surface area contributed by atoms with E-state index in [0.717, 1.165) is 35.3 Å². The molecule has 0 aliphatic rings. The molecule has 3 aromatic rings. The smallest absolute Gasteiger partial charge is 0.134 e. The second-order valence-electron chi connectivity index (χ2n) is 4.81. The van der Waals surface area contributed by atoms with Crippen molar-refractivity contribution in [3.05, 3.63) is 71.7 Å². The molecular formula is C17H16FNO. The third-order valence-electron chi connectivity index (χ3n) is 3.26. The summed E-state index contributed by atoms with van der Waals surface area (Å²) < 4.78 is 18.7. The summed E-state index contributed by atoms with van der Waals surface area (Å²) in [5, 5.41) is 4.43. The molecule has 3 heteroatoms. The van der Waals surface area contributed by atoms with Crippen molar-refractivity contribution in [2.75, 3.05) is 6.54 Å². The molecule has 0 saturated carbocycles. The Kier molecular flexibility index (Phi) is 3.79. The first-order chi connectivity index (χ1) is 9.81. The van der Waals surface area contributed by atoms with Crippen LogP contribution in [0.2, 0.25) is 0 Å². The highest BCUT2D eigenvalue weighted by atomic mass is 19.1. The highest BCUT2D eigenvalue weighted by Gasteiger charge is 2.02. The van der Waals surface area contributed by atoms with E-state index in [-0.39, 0.29) is 5.82 Å². The molecule has 0 unspecified atom stereocenters. The lowest BCUT2D eigenvalue weighted by molar-refractivity contribution is 0.515. The van der Waals surface area contributed by atoms with E-state index in [4.69, 9.17) is 4.42 Å². The molecule has 0 bridgehead atoms. The van der Waals surface area contributed by atoms with Crippen molar-refractivity contribution in [3.8, 4) is 0 Å².